The van der Waals surface area contributed by atoms with Crippen molar-refractivity contribution in [1.29, 1.82) is 0 Å². The van der Waals surface area contributed by atoms with E-state index in [9.17, 15) is 8.78 Å². The van der Waals surface area contributed by atoms with Gasteiger partial charge in [0, 0.05) is 12.8 Å². The van der Waals surface area contributed by atoms with Gasteiger partial charge in [-0.3, -0.25) is 0 Å². The van der Waals surface area contributed by atoms with Gasteiger partial charge in [-0.15, -0.1) is 0 Å². The van der Waals surface area contributed by atoms with Crippen LogP contribution < -0.4 is 5.73 Å². The summed E-state index contributed by atoms with van der Waals surface area (Å²) in [4.78, 5) is 0. The molecule has 13 heavy (non-hydrogen) atoms. The number of alkyl halides is 2. The largest absolute Gasteiger partial charge is 0.493 e. The average Bonchev–Trinajstić information content (AvgIpc) is 2.50. The van der Waals surface area contributed by atoms with E-state index in [1.54, 1.807) is 13.0 Å². The lowest BCUT2D eigenvalue weighted by atomic mass is 10.0. The van der Waals surface area contributed by atoms with Crippen LogP contribution in [0.5, 0.6) is 0 Å². The lowest BCUT2D eigenvalue weighted by Crippen LogP contribution is -2.49. The maximum absolute atomic E-state index is 13.1. The minimum atomic E-state index is -2.83. The molecule has 2 N–H and O–H groups in total. The van der Waals surface area contributed by atoms with E-state index >= 15 is 0 Å². The predicted molar refractivity (Wildman–Crippen MR) is 46.5 cm³/mol. The molecule has 0 aromatic heterocycles. The van der Waals surface area contributed by atoms with Crippen LogP contribution in [0.4, 0.5) is 8.78 Å². The maximum atomic E-state index is 13.1. The van der Waals surface area contributed by atoms with Crippen LogP contribution in [0.25, 0.3) is 0 Å². The molecule has 0 aromatic carbocycles. The van der Waals surface area contributed by atoms with Gasteiger partial charge in [0.1, 0.15) is 12.1 Å². The Hall–Kier alpha value is -0.640. The van der Waals surface area contributed by atoms with Gasteiger partial charge in [-0.2, -0.15) is 0 Å². The molecule has 0 fully saturated rings. The standard InChI is InChI=1S/C9H15F2NO/c1-3-9(10,11)8(12)7-5-4-6(2)13-7/h4,7-8H,3,5,12H2,1-2H3. The fourth-order valence-electron chi connectivity index (χ4n) is 1.34. The van der Waals surface area contributed by atoms with Gasteiger partial charge in [0.25, 0.3) is 5.92 Å². The maximum Gasteiger partial charge on any atom is 0.266 e. The normalized spacial score (nSPS) is 25.3. The molecule has 0 saturated carbocycles. The highest BCUT2D eigenvalue weighted by molar-refractivity contribution is 5.03. The Morgan fingerprint density at radius 3 is 2.77 bits per heavy atom. The Morgan fingerprint density at radius 1 is 1.77 bits per heavy atom. The number of rotatable bonds is 3. The van der Waals surface area contributed by atoms with Gasteiger partial charge in [0.05, 0.1) is 5.76 Å². The molecule has 76 valence electrons. The number of hydrogen-bond acceptors (Lipinski definition) is 2. The fourth-order valence-corrected chi connectivity index (χ4v) is 1.34. The van der Waals surface area contributed by atoms with Crippen molar-refractivity contribution in [2.24, 2.45) is 5.73 Å². The zero-order valence-electron chi connectivity index (χ0n) is 7.89. The highest BCUT2D eigenvalue weighted by Gasteiger charge is 2.42. The van der Waals surface area contributed by atoms with Gasteiger partial charge >= 0.3 is 0 Å². The van der Waals surface area contributed by atoms with Crippen molar-refractivity contribution in [1.82, 2.24) is 0 Å². The number of halogens is 2. The third-order valence-electron chi connectivity index (χ3n) is 2.33. The molecule has 2 nitrogen and oxygen atoms in total. The highest BCUT2D eigenvalue weighted by Crippen LogP contribution is 2.29. The van der Waals surface area contributed by atoms with Crippen molar-refractivity contribution in [3.8, 4) is 0 Å². The molecule has 4 heteroatoms. The summed E-state index contributed by atoms with van der Waals surface area (Å²) in [6, 6.07) is -1.20. The van der Waals surface area contributed by atoms with E-state index in [4.69, 9.17) is 10.5 Å². The quantitative estimate of drug-likeness (QED) is 0.741. The van der Waals surface area contributed by atoms with E-state index < -0.39 is 18.1 Å². The van der Waals surface area contributed by atoms with Gasteiger partial charge in [-0.25, -0.2) is 8.78 Å². The molecule has 0 bridgehead atoms. The highest BCUT2D eigenvalue weighted by atomic mass is 19.3. The molecule has 0 saturated heterocycles. The first-order valence-corrected chi connectivity index (χ1v) is 4.44. The zero-order valence-corrected chi connectivity index (χ0v) is 7.89. The molecule has 2 unspecified atom stereocenters. The molecule has 0 aliphatic carbocycles. The molecule has 0 radical (unpaired) electrons. The van der Waals surface area contributed by atoms with Crippen molar-refractivity contribution in [3.63, 3.8) is 0 Å². The molecule has 1 aliphatic heterocycles. The van der Waals surface area contributed by atoms with E-state index in [1.165, 1.54) is 6.92 Å². The summed E-state index contributed by atoms with van der Waals surface area (Å²) in [5.74, 6) is -2.14. The second-order valence-electron chi connectivity index (χ2n) is 3.35. The number of allylic oxidation sites excluding steroid dienone is 1. The van der Waals surface area contributed by atoms with Gasteiger partial charge < -0.3 is 10.5 Å². The summed E-state index contributed by atoms with van der Waals surface area (Å²) in [5.41, 5.74) is 5.42. The third-order valence-corrected chi connectivity index (χ3v) is 2.33. The number of ether oxygens (including phenoxy) is 1. The first-order valence-electron chi connectivity index (χ1n) is 4.44. The molecule has 0 aromatic rings. The van der Waals surface area contributed by atoms with E-state index in [2.05, 4.69) is 0 Å². The fraction of sp³-hybridized carbons (Fsp3) is 0.778. The Morgan fingerprint density at radius 2 is 2.38 bits per heavy atom. The smallest absolute Gasteiger partial charge is 0.266 e. The Bertz CT molecular complexity index is 216. The molecule has 2 atom stereocenters. The topological polar surface area (TPSA) is 35.2 Å². The molecular formula is C9H15F2NO. The Labute approximate surface area is 76.7 Å². The summed E-state index contributed by atoms with van der Waals surface area (Å²) in [5, 5.41) is 0. The van der Waals surface area contributed by atoms with Crippen molar-refractivity contribution < 1.29 is 13.5 Å². The van der Waals surface area contributed by atoms with Gasteiger partial charge in [0.2, 0.25) is 0 Å². The molecule has 1 rings (SSSR count). The summed E-state index contributed by atoms with van der Waals surface area (Å²) in [6.45, 7) is 3.17. The minimum Gasteiger partial charge on any atom is -0.493 e. The lowest BCUT2D eigenvalue weighted by molar-refractivity contribution is -0.0681. The van der Waals surface area contributed by atoms with Crippen LogP contribution in [0.1, 0.15) is 26.7 Å². The van der Waals surface area contributed by atoms with Crippen LogP contribution in [0, 0.1) is 0 Å². The number of nitrogens with two attached hydrogens (primary N) is 1. The van der Waals surface area contributed by atoms with E-state index in [0.717, 1.165) is 0 Å². The SMILES string of the molecule is CCC(F)(F)C(N)C1CC=C(C)O1. The van der Waals surface area contributed by atoms with Crippen molar-refractivity contribution >= 4 is 0 Å². The van der Waals surface area contributed by atoms with Crippen molar-refractivity contribution in [3.05, 3.63) is 11.8 Å². The van der Waals surface area contributed by atoms with E-state index in [-0.39, 0.29) is 6.42 Å². The van der Waals surface area contributed by atoms with E-state index in [1.807, 2.05) is 0 Å². The summed E-state index contributed by atoms with van der Waals surface area (Å²) < 4.78 is 31.4. The average molecular weight is 191 g/mol. The van der Waals surface area contributed by atoms with Gasteiger partial charge in [0.15, 0.2) is 0 Å². The second kappa shape index (κ2) is 3.62. The Kier molecular flexibility index (Phi) is 2.91. The van der Waals surface area contributed by atoms with Crippen LogP contribution in [-0.2, 0) is 4.74 Å². The van der Waals surface area contributed by atoms with Gasteiger partial charge in [-0.1, -0.05) is 6.92 Å². The third kappa shape index (κ3) is 2.18. The molecule has 1 heterocycles. The first kappa shape index (κ1) is 10.4. The van der Waals surface area contributed by atoms with Crippen LogP contribution in [0.2, 0.25) is 0 Å². The van der Waals surface area contributed by atoms with Gasteiger partial charge in [-0.05, 0) is 13.0 Å². The van der Waals surface area contributed by atoms with Crippen LogP contribution in [0.15, 0.2) is 11.8 Å². The van der Waals surface area contributed by atoms with Crippen molar-refractivity contribution in [2.75, 3.05) is 0 Å². The van der Waals surface area contributed by atoms with Crippen LogP contribution >= 0.6 is 0 Å². The van der Waals surface area contributed by atoms with E-state index in [0.29, 0.717) is 12.2 Å². The number of hydrogen-bond donors (Lipinski definition) is 1. The van der Waals surface area contributed by atoms with Crippen LogP contribution in [-0.4, -0.2) is 18.1 Å². The molecule has 0 spiro atoms. The molecule has 0 amide bonds. The molecule has 1 aliphatic rings. The second-order valence-corrected chi connectivity index (χ2v) is 3.35. The minimum absolute atomic E-state index is 0.243. The monoisotopic (exact) mass is 191 g/mol. The zero-order chi connectivity index (χ0) is 10.1. The summed E-state index contributed by atoms with van der Waals surface area (Å²) in [7, 11) is 0. The summed E-state index contributed by atoms with van der Waals surface area (Å²) >= 11 is 0. The molecular weight excluding hydrogens is 176 g/mol. The predicted octanol–water partition coefficient (Wildman–Crippen LogP) is 2.05. The summed E-state index contributed by atoms with van der Waals surface area (Å²) in [6.07, 6.45) is 1.47. The lowest BCUT2D eigenvalue weighted by Gasteiger charge is -2.27. The first-order chi connectivity index (χ1) is 5.97. The van der Waals surface area contributed by atoms with Crippen LogP contribution in [0.3, 0.4) is 0 Å². The van der Waals surface area contributed by atoms with Crippen molar-refractivity contribution in [2.45, 2.75) is 44.8 Å². The Balaban J connectivity index is 2.54.